The highest BCUT2D eigenvalue weighted by Gasteiger charge is 2.13. The van der Waals surface area contributed by atoms with Crippen LogP contribution in [-0.4, -0.2) is 48.0 Å². The molecule has 0 aliphatic carbocycles. The zero-order valence-corrected chi connectivity index (χ0v) is 20.5. The van der Waals surface area contributed by atoms with Crippen LogP contribution in [0.3, 0.4) is 0 Å². The molecule has 0 unspecified atom stereocenters. The number of carbonyl (C=O) groups is 2. The molecule has 0 aliphatic heterocycles. The molecule has 8 heteroatoms. The molecule has 3 aromatic carbocycles. The molecule has 8 nitrogen and oxygen atoms in total. The summed E-state index contributed by atoms with van der Waals surface area (Å²) in [6.07, 6.45) is 0. The first-order chi connectivity index (χ1) is 17.5. The lowest BCUT2D eigenvalue weighted by atomic mass is 10.0. The number of aromatic nitrogens is 2. The van der Waals surface area contributed by atoms with E-state index in [1.54, 1.807) is 0 Å². The van der Waals surface area contributed by atoms with E-state index in [1.807, 2.05) is 79.7 Å². The Morgan fingerprint density at radius 3 is 2.03 bits per heavy atom. The first-order valence-electron chi connectivity index (χ1n) is 11.9. The van der Waals surface area contributed by atoms with Crippen LogP contribution in [0.25, 0.3) is 22.2 Å². The minimum Gasteiger partial charge on any atom is -0.368 e. The van der Waals surface area contributed by atoms with Gasteiger partial charge in [0.1, 0.15) is 11.6 Å². The van der Waals surface area contributed by atoms with Gasteiger partial charge in [-0.15, -0.1) is 0 Å². The van der Waals surface area contributed by atoms with E-state index < -0.39 is 0 Å². The van der Waals surface area contributed by atoms with Crippen LogP contribution in [0.2, 0.25) is 0 Å². The number of fused-ring (bicyclic) bond motifs is 1. The third kappa shape index (κ3) is 6.15. The number of benzene rings is 3. The van der Waals surface area contributed by atoms with Gasteiger partial charge in [-0.25, -0.2) is 9.97 Å². The average molecular weight is 483 g/mol. The molecule has 184 valence electrons. The smallest absolute Gasteiger partial charge is 0.251 e. The number of hydrogen-bond acceptors (Lipinski definition) is 6. The zero-order valence-electron chi connectivity index (χ0n) is 20.5. The lowest BCUT2D eigenvalue weighted by Crippen LogP contribution is -2.29. The molecular weight excluding hydrogens is 452 g/mol. The van der Waals surface area contributed by atoms with Gasteiger partial charge in [0.15, 0.2) is 5.82 Å². The van der Waals surface area contributed by atoms with E-state index in [1.165, 1.54) is 6.92 Å². The Kier molecular flexibility index (Phi) is 8.08. The molecule has 4 N–H and O–H groups in total. The van der Waals surface area contributed by atoms with E-state index in [-0.39, 0.29) is 11.8 Å². The van der Waals surface area contributed by atoms with E-state index in [4.69, 9.17) is 9.97 Å². The minimum atomic E-state index is -0.113. The molecule has 1 heterocycles. The van der Waals surface area contributed by atoms with Crippen LogP contribution in [0.15, 0.2) is 72.8 Å². The molecule has 0 atom stereocenters. The average Bonchev–Trinajstić information content (AvgIpc) is 2.90. The van der Waals surface area contributed by atoms with Gasteiger partial charge >= 0.3 is 0 Å². The van der Waals surface area contributed by atoms with Crippen molar-refractivity contribution in [1.29, 1.82) is 0 Å². The van der Waals surface area contributed by atoms with Crippen molar-refractivity contribution in [3.05, 3.63) is 83.9 Å². The maximum atomic E-state index is 12.8. The predicted octanol–water partition coefficient (Wildman–Crippen LogP) is 4.00. The number of carbonyl (C=O) groups excluding carboxylic acids is 2. The second-order valence-electron chi connectivity index (χ2n) is 8.35. The van der Waals surface area contributed by atoms with Gasteiger partial charge in [-0.2, -0.15) is 0 Å². The highest BCUT2D eigenvalue weighted by atomic mass is 16.2. The largest absolute Gasteiger partial charge is 0.368 e. The Hall–Kier alpha value is -4.46. The fourth-order valence-electron chi connectivity index (χ4n) is 3.87. The van der Waals surface area contributed by atoms with Gasteiger partial charge in [-0.1, -0.05) is 66.7 Å². The van der Waals surface area contributed by atoms with Gasteiger partial charge < -0.3 is 21.3 Å². The summed E-state index contributed by atoms with van der Waals surface area (Å²) in [5.41, 5.74) is 2.41. The lowest BCUT2D eigenvalue weighted by Gasteiger charge is -2.16. The second kappa shape index (κ2) is 11.8. The molecule has 0 saturated carbocycles. The molecule has 0 spiro atoms. The molecule has 0 aliphatic rings. The SMILES string of the molecule is CC(=O)NCCNc1nc(-c2ccccc2)nc(NCCNC(=O)c2cccc3ccccc23)c1C. The fraction of sp³-hybridized carbons (Fsp3) is 0.214. The van der Waals surface area contributed by atoms with Crippen LogP contribution in [-0.2, 0) is 4.79 Å². The van der Waals surface area contributed by atoms with Gasteiger partial charge in [0.2, 0.25) is 5.91 Å². The fourth-order valence-corrected chi connectivity index (χ4v) is 3.87. The van der Waals surface area contributed by atoms with E-state index >= 15 is 0 Å². The van der Waals surface area contributed by atoms with Crippen LogP contribution >= 0.6 is 0 Å². The summed E-state index contributed by atoms with van der Waals surface area (Å²) in [6, 6.07) is 23.3. The first-order valence-corrected chi connectivity index (χ1v) is 11.9. The summed E-state index contributed by atoms with van der Waals surface area (Å²) in [5, 5.41) is 14.4. The van der Waals surface area contributed by atoms with Crippen LogP contribution in [0.5, 0.6) is 0 Å². The number of hydrogen-bond donors (Lipinski definition) is 4. The monoisotopic (exact) mass is 482 g/mol. The maximum absolute atomic E-state index is 12.8. The molecule has 2 amide bonds. The number of nitrogens with zero attached hydrogens (tertiary/aromatic N) is 2. The van der Waals surface area contributed by atoms with Crippen molar-refractivity contribution >= 4 is 34.2 Å². The highest BCUT2D eigenvalue weighted by Crippen LogP contribution is 2.25. The molecule has 0 radical (unpaired) electrons. The molecule has 4 rings (SSSR count). The standard InChI is InChI=1S/C28H30N6O2/c1-19-25(30-16-15-29-20(2)35)33-27(22-10-4-3-5-11-22)34-26(19)31-17-18-32-28(36)24-14-8-12-21-9-6-7-13-23(21)24/h3-14H,15-18H2,1-2H3,(H,29,35)(H,32,36)(H2,30,31,33,34). The van der Waals surface area contributed by atoms with Crippen LogP contribution in [0, 0.1) is 6.92 Å². The Balaban J connectivity index is 1.44. The topological polar surface area (TPSA) is 108 Å². The van der Waals surface area contributed by atoms with Crippen molar-refractivity contribution in [2.75, 3.05) is 36.8 Å². The molecule has 0 fully saturated rings. The van der Waals surface area contributed by atoms with Crippen molar-refractivity contribution in [1.82, 2.24) is 20.6 Å². The summed E-state index contributed by atoms with van der Waals surface area (Å²) in [5.74, 6) is 1.78. The number of anilines is 2. The van der Waals surface area contributed by atoms with E-state index in [2.05, 4.69) is 21.3 Å². The van der Waals surface area contributed by atoms with Crippen molar-refractivity contribution < 1.29 is 9.59 Å². The Morgan fingerprint density at radius 2 is 1.33 bits per heavy atom. The van der Waals surface area contributed by atoms with Crippen LogP contribution in [0.1, 0.15) is 22.8 Å². The Morgan fingerprint density at radius 1 is 0.722 bits per heavy atom. The number of amides is 2. The minimum absolute atomic E-state index is 0.0749. The third-order valence-corrected chi connectivity index (χ3v) is 5.71. The van der Waals surface area contributed by atoms with E-state index in [0.29, 0.717) is 49.2 Å². The molecule has 0 bridgehead atoms. The second-order valence-corrected chi connectivity index (χ2v) is 8.35. The first kappa shape index (κ1) is 24.7. The number of rotatable bonds is 10. The van der Waals surface area contributed by atoms with E-state index in [0.717, 1.165) is 21.9 Å². The van der Waals surface area contributed by atoms with Crippen molar-refractivity contribution in [2.45, 2.75) is 13.8 Å². The van der Waals surface area contributed by atoms with Gasteiger partial charge in [-0.05, 0) is 23.8 Å². The van der Waals surface area contributed by atoms with E-state index in [9.17, 15) is 9.59 Å². The van der Waals surface area contributed by atoms with Crippen molar-refractivity contribution in [3.63, 3.8) is 0 Å². The summed E-state index contributed by atoms with van der Waals surface area (Å²) in [6.45, 7) is 5.37. The lowest BCUT2D eigenvalue weighted by molar-refractivity contribution is -0.118. The van der Waals surface area contributed by atoms with Gasteiger partial charge in [-0.3, -0.25) is 9.59 Å². The van der Waals surface area contributed by atoms with Gasteiger partial charge in [0, 0.05) is 49.8 Å². The summed E-state index contributed by atoms with van der Waals surface area (Å²) in [7, 11) is 0. The molecular formula is C28H30N6O2. The molecule has 36 heavy (non-hydrogen) atoms. The summed E-state index contributed by atoms with van der Waals surface area (Å²) in [4.78, 5) is 33.4. The predicted molar refractivity (Wildman–Crippen MR) is 144 cm³/mol. The zero-order chi connectivity index (χ0) is 25.3. The van der Waals surface area contributed by atoms with Crippen molar-refractivity contribution in [3.8, 4) is 11.4 Å². The Labute approximate surface area is 210 Å². The number of nitrogens with one attached hydrogen (secondary N) is 4. The molecule has 0 saturated heterocycles. The summed E-state index contributed by atoms with van der Waals surface area (Å²) >= 11 is 0. The summed E-state index contributed by atoms with van der Waals surface area (Å²) < 4.78 is 0. The van der Waals surface area contributed by atoms with Gasteiger partial charge in [0.05, 0.1) is 0 Å². The van der Waals surface area contributed by atoms with Crippen LogP contribution in [0.4, 0.5) is 11.6 Å². The van der Waals surface area contributed by atoms with Crippen LogP contribution < -0.4 is 21.3 Å². The molecule has 4 aromatic rings. The quantitative estimate of drug-likeness (QED) is 0.255. The van der Waals surface area contributed by atoms with Crippen molar-refractivity contribution in [2.24, 2.45) is 0 Å². The third-order valence-electron chi connectivity index (χ3n) is 5.71. The maximum Gasteiger partial charge on any atom is 0.251 e. The Bertz CT molecular complexity index is 1350. The highest BCUT2D eigenvalue weighted by molar-refractivity contribution is 6.07. The molecule has 1 aromatic heterocycles. The van der Waals surface area contributed by atoms with Gasteiger partial charge in [0.25, 0.3) is 5.91 Å². The normalized spacial score (nSPS) is 10.6.